The van der Waals surface area contributed by atoms with Crippen molar-refractivity contribution in [2.75, 3.05) is 0 Å². The topological polar surface area (TPSA) is 57.8 Å². The van der Waals surface area contributed by atoms with Crippen LogP contribution in [0.15, 0.2) is 42.6 Å². The molecule has 2 aromatic rings. The summed E-state index contributed by atoms with van der Waals surface area (Å²) in [6.07, 6.45) is 1.56. The number of benzene rings is 1. The highest BCUT2D eigenvalue weighted by atomic mass is 16.2. The van der Waals surface area contributed by atoms with E-state index in [4.69, 9.17) is 0 Å². The lowest BCUT2D eigenvalue weighted by molar-refractivity contribution is 0.0907. The van der Waals surface area contributed by atoms with Gasteiger partial charge in [0.2, 0.25) is 0 Å². The minimum Gasteiger partial charge on any atom is -0.342 e. The minimum absolute atomic E-state index is 0.156. The van der Waals surface area contributed by atoms with Crippen molar-refractivity contribution in [2.45, 2.75) is 19.4 Å². The zero-order chi connectivity index (χ0) is 12.3. The lowest BCUT2D eigenvalue weighted by Crippen LogP contribution is -2.41. The SMILES string of the molecule is CC(C)(NC(=O)c1ccn[nH]1)c1ccccc1. The summed E-state index contributed by atoms with van der Waals surface area (Å²) in [7, 11) is 0. The molecule has 0 unspecified atom stereocenters. The van der Waals surface area contributed by atoms with Crippen LogP contribution in [0.25, 0.3) is 0 Å². The molecule has 0 aliphatic rings. The van der Waals surface area contributed by atoms with Crippen molar-refractivity contribution in [2.24, 2.45) is 0 Å². The van der Waals surface area contributed by atoms with E-state index in [1.807, 2.05) is 44.2 Å². The Balaban J connectivity index is 2.15. The number of hydrogen-bond donors (Lipinski definition) is 2. The van der Waals surface area contributed by atoms with Gasteiger partial charge in [-0.2, -0.15) is 5.10 Å². The van der Waals surface area contributed by atoms with Gasteiger partial charge in [-0.15, -0.1) is 0 Å². The summed E-state index contributed by atoms with van der Waals surface area (Å²) in [5.41, 5.74) is 1.12. The predicted molar refractivity (Wildman–Crippen MR) is 65.5 cm³/mol. The summed E-state index contributed by atoms with van der Waals surface area (Å²) in [5.74, 6) is -0.156. The standard InChI is InChI=1S/C13H15N3O/c1-13(2,10-6-4-3-5-7-10)15-12(17)11-8-9-14-16-11/h3-9H,1-2H3,(H,14,16)(H,15,17). The Bertz CT molecular complexity index is 489. The van der Waals surface area contributed by atoms with Gasteiger partial charge in [0.1, 0.15) is 5.69 Å². The molecule has 0 radical (unpaired) electrons. The minimum atomic E-state index is -0.413. The molecule has 2 rings (SSSR count). The van der Waals surface area contributed by atoms with Crippen LogP contribution < -0.4 is 5.32 Å². The monoisotopic (exact) mass is 229 g/mol. The van der Waals surface area contributed by atoms with Gasteiger partial charge < -0.3 is 5.32 Å². The van der Waals surface area contributed by atoms with E-state index >= 15 is 0 Å². The van der Waals surface area contributed by atoms with E-state index in [0.29, 0.717) is 5.69 Å². The highest BCUT2D eigenvalue weighted by Gasteiger charge is 2.23. The highest BCUT2D eigenvalue weighted by molar-refractivity contribution is 5.92. The third kappa shape index (κ3) is 2.53. The number of carbonyl (C=O) groups is 1. The number of carbonyl (C=O) groups excluding carboxylic acids is 1. The zero-order valence-electron chi connectivity index (χ0n) is 9.90. The molecular formula is C13H15N3O. The summed E-state index contributed by atoms with van der Waals surface area (Å²) in [5, 5.41) is 9.37. The maximum absolute atomic E-state index is 11.9. The maximum Gasteiger partial charge on any atom is 0.269 e. The van der Waals surface area contributed by atoms with Gasteiger partial charge in [0.05, 0.1) is 5.54 Å². The summed E-state index contributed by atoms with van der Waals surface area (Å²) in [4.78, 5) is 11.9. The molecule has 17 heavy (non-hydrogen) atoms. The first-order chi connectivity index (χ1) is 8.09. The Hall–Kier alpha value is -2.10. The molecule has 88 valence electrons. The summed E-state index contributed by atoms with van der Waals surface area (Å²) < 4.78 is 0. The van der Waals surface area contributed by atoms with E-state index in [9.17, 15) is 4.79 Å². The van der Waals surface area contributed by atoms with Crippen molar-refractivity contribution in [3.8, 4) is 0 Å². The molecule has 0 saturated heterocycles. The Morgan fingerprint density at radius 1 is 1.24 bits per heavy atom. The lowest BCUT2D eigenvalue weighted by atomic mass is 9.94. The molecule has 0 spiro atoms. The zero-order valence-corrected chi connectivity index (χ0v) is 9.90. The number of hydrogen-bond acceptors (Lipinski definition) is 2. The van der Waals surface area contributed by atoms with Crippen molar-refractivity contribution < 1.29 is 4.79 Å². The maximum atomic E-state index is 11.9. The molecule has 0 bridgehead atoms. The Kier molecular flexibility index (Phi) is 2.95. The fraction of sp³-hybridized carbons (Fsp3) is 0.231. The third-order valence-corrected chi connectivity index (χ3v) is 2.67. The van der Waals surface area contributed by atoms with Gasteiger partial charge >= 0.3 is 0 Å². The molecule has 0 aliphatic heterocycles. The quantitative estimate of drug-likeness (QED) is 0.846. The molecular weight excluding hydrogens is 214 g/mol. The van der Waals surface area contributed by atoms with Crippen molar-refractivity contribution in [1.82, 2.24) is 15.5 Å². The van der Waals surface area contributed by atoms with E-state index < -0.39 is 5.54 Å². The molecule has 4 nitrogen and oxygen atoms in total. The fourth-order valence-electron chi connectivity index (χ4n) is 1.66. The highest BCUT2D eigenvalue weighted by Crippen LogP contribution is 2.19. The van der Waals surface area contributed by atoms with E-state index in [0.717, 1.165) is 5.56 Å². The van der Waals surface area contributed by atoms with Crippen molar-refractivity contribution in [3.63, 3.8) is 0 Å². The van der Waals surface area contributed by atoms with E-state index in [-0.39, 0.29) is 5.91 Å². The molecule has 1 aromatic heterocycles. The number of aromatic nitrogens is 2. The molecule has 0 atom stereocenters. The fourth-order valence-corrected chi connectivity index (χ4v) is 1.66. The first kappa shape index (κ1) is 11.4. The number of nitrogens with one attached hydrogen (secondary N) is 2. The Morgan fingerprint density at radius 2 is 1.94 bits per heavy atom. The number of rotatable bonds is 3. The molecule has 2 N–H and O–H groups in total. The average molecular weight is 229 g/mol. The molecule has 1 heterocycles. The van der Waals surface area contributed by atoms with Crippen LogP contribution >= 0.6 is 0 Å². The van der Waals surface area contributed by atoms with E-state index in [2.05, 4.69) is 15.5 Å². The van der Waals surface area contributed by atoms with Crippen molar-refractivity contribution >= 4 is 5.91 Å². The number of H-pyrrole nitrogens is 1. The van der Waals surface area contributed by atoms with Crippen molar-refractivity contribution in [3.05, 3.63) is 53.9 Å². The second-order valence-corrected chi connectivity index (χ2v) is 4.42. The second kappa shape index (κ2) is 4.41. The van der Waals surface area contributed by atoms with Crippen LogP contribution in [0.3, 0.4) is 0 Å². The molecule has 0 fully saturated rings. The van der Waals surface area contributed by atoms with Gasteiger partial charge in [-0.1, -0.05) is 30.3 Å². The van der Waals surface area contributed by atoms with Crippen LogP contribution in [0.2, 0.25) is 0 Å². The van der Waals surface area contributed by atoms with Gasteiger partial charge in [0.15, 0.2) is 0 Å². The van der Waals surface area contributed by atoms with Gasteiger partial charge in [-0.05, 0) is 25.5 Å². The van der Waals surface area contributed by atoms with Gasteiger partial charge in [-0.25, -0.2) is 0 Å². The van der Waals surface area contributed by atoms with E-state index in [1.165, 1.54) is 0 Å². The molecule has 0 saturated carbocycles. The molecule has 4 heteroatoms. The Morgan fingerprint density at radius 3 is 2.53 bits per heavy atom. The van der Waals surface area contributed by atoms with Gasteiger partial charge in [-0.3, -0.25) is 9.89 Å². The van der Waals surface area contributed by atoms with Crippen LogP contribution in [0.5, 0.6) is 0 Å². The number of amides is 1. The predicted octanol–water partition coefficient (Wildman–Crippen LogP) is 2.07. The van der Waals surface area contributed by atoms with Gasteiger partial charge in [0.25, 0.3) is 5.91 Å². The molecule has 1 aromatic carbocycles. The Labute approximate surface area is 100 Å². The lowest BCUT2D eigenvalue weighted by Gasteiger charge is -2.26. The summed E-state index contributed by atoms with van der Waals surface area (Å²) in [6.45, 7) is 3.94. The van der Waals surface area contributed by atoms with Crippen LogP contribution in [0, 0.1) is 0 Å². The second-order valence-electron chi connectivity index (χ2n) is 4.42. The number of nitrogens with zero attached hydrogens (tertiary/aromatic N) is 1. The van der Waals surface area contributed by atoms with E-state index in [1.54, 1.807) is 12.3 Å². The molecule has 0 aliphatic carbocycles. The van der Waals surface area contributed by atoms with Crippen LogP contribution in [0.1, 0.15) is 29.9 Å². The summed E-state index contributed by atoms with van der Waals surface area (Å²) in [6, 6.07) is 11.5. The first-order valence-electron chi connectivity index (χ1n) is 5.47. The van der Waals surface area contributed by atoms with Crippen LogP contribution in [-0.2, 0) is 5.54 Å². The van der Waals surface area contributed by atoms with Crippen LogP contribution in [-0.4, -0.2) is 16.1 Å². The third-order valence-electron chi connectivity index (χ3n) is 2.67. The first-order valence-corrected chi connectivity index (χ1v) is 5.47. The molecule has 1 amide bonds. The normalized spacial score (nSPS) is 11.2. The summed E-state index contributed by atoms with van der Waals surface area (Å²) >= 11 is 0. The smallest absolute Gasteiger partial charge is 0.269 e. The average Bonchev–Trinajstić information content (AvgIpc) is 2.83. The van der Waals surface area contributed by atoms with Crippen molar-refractivity contribution in [1.29, 1.82) is 0 Å². The number of aromatic amines is 1. The largest absolute Gasteiger partial charge is 0.342 e. The van der Waals surface area contributed by atoms with Crippen LogP contribution in [0.4, 0.5) is 0 Å². The van der Waals surface area contributed by atoms with Gasteiger partial charge in [0, 0.05) is 6.20 Å².